The van der Waals surface area contributed by atoms with E-state index >= 15 is 0 Å². The molecule has 1 unspecified atom stereocenters. The van der Waals surface area contributed by atoms with Gasteiger partial charge in [0.2, 0.25) is 0 Å². The lowest BCUT2D eigenvalue weighted by Crippen LogP contribution is -2.06. The predicted octanol–water partition coefficient (Wildman–Crippen LogP) is 5.33. The van der Waals surface area contributed by atoms with Gasteiger partial charge in [-0.15, -0.1) is 0 Å². The average molecular weight is 385 g/mol. The van der Waals surface area contributed by atoms with Crippen molar-refractivity contribution in [3.63, 3.8) is 0 Å². The first-order valence-corrected chi connectivity index (χ1v) is 7.55. The van der Waals surface area contributed by atoms with Crippen molar-refractivity contribution < 1.29 is 4.74 Å². The van der Waals surface area contributed by atoms with Gasteiger partial charge in [-0.1, -0.05) is 44.0 Å². The Labute approximate surface area is 130 Å². The van der Waals surface area contributed by atoms with Gasteiger partial charge in [0.1, 0.15) is 11.5 Å². The minimum absolute atomic E-state index is 0.0736. The summed E-state index contributed by atoms with van der Waals surface area (Å²) in [5.41, 5.74) is 8.05. The molecule has 0 aliphatic rings. The van der Waals surface area contributed by atoms with Gasteiger partial charge >= 0.3 is 0 Å². The van der Waals surface area contributed by atoms with Gasteiger partial charge in [-0.3, -0.25) is 0 Å². The maximum Gasteiger partial charge on any atom is 0.133 e. The molecule has 19 heavy (non-hydrogen) atoms. The van der Waals surface area contributed by atoms with Crippen molar-refractivity contribution in [3.05, 3.63) is 56.5 Å². The fraction of sp³-hybridized carbons (Fsp3) is 0.200. The third-order valence-corrected chi connectivity index (χ3v) is 3.82. The van der Waals surface area contributed by atoms with Gasteiger partial charge < -0.3 is 10.5 Å². The smallest absolute Gasteiger partial charge is 0.133 e. The summed E-state index contributed by atoms with van der Waals surface area (Å²) >= 11 is 6.92. The largest absolute Gasteiger partial charge is 0.457 e. The van der Waals surface area contributed by atoms with Crippen LogP contribution in [0.3, 0.4) is 0 Å². The van der Waals surface area contributed by atoms with Gasteiger partial charge in [0.25, 0.3) is 0 Å². The number of rotatable bonds is 3. The molecule has 0 aliphatic heterocycles. The minimum Gasteiger partial charge on any atom is -0.457 e. The summed E-state index contributed by atoms with van der Waals surface area (Å²) in [5, 5.41) is 0. The van der Waals surface area contributed by atoms with Crippen LogP contribution >= 0.6 is 31.9 Å². The van der Waals surface area contributed by atoms with Gasteiger partial charge in [-0.25, -0.2) is 0 Å². The van der Waals surface area contributed by atoms with Crippen LogP contribution in [0.5, 0.6) is 11.5 Å². The number of hydrogen-bond acceptors (Lipinski definition) is 2. The lowest BCUT2D eigenvalue weighted by molar-refractivity contribution is 0.468. The summed E-state index contributed by atoms with van der Waals surface area (Å²) in [6.07, 6.45) is 0. The van der Waals surface area contributed by atoms with E-state index in [0.29, 0.717) is 0 Å². The lowest BCUT2D eigenvalue weighted by atomic mass is 10.1. The second-order valence-corrected chi connectivity index (χ2v) is 6.31. The molecular formula is C15H15Br2NO. The van der Waals surface area contributed by atoms with Crippen LogP contribution in [0.25, 0.3) is 0 Å². The molecule has 0 aromatic heterocycles. The number of benzene rings is 2. The maximum absolute atomic E-state index is 6.02. The van der Waals surface area contributed by atoms with Crippen molar-refractivity contribution in [2.45, 2.75) is 19.9 Å². The zero-order chi connectivity index (χ0) is 14.0. The van der Waals surface area contributed by atoms with Crippen LogP contribution in [0.4, 0.5) is 0 Å². The Hall–Kier alpha value is -0.840. The Balaban J connectivity index is 2.42. The molecule has 4 heteroatoms. The van der Waals surface area contributed by atoms with Crippen LogP contribution in [-0.2, 0) is 0 Å². The molecule has 0 spiro atoms. The highest BCUT2D eigenvalue weighted by molar-refractivity contribution is 9.10. The molecule has 0 saturated carbocycles. The van der Waals surface area contributed by atoms with E-state index in [4.69, 9.17) is 10.5 Å². The van der Waals surface area contributed by atoms with Gasteiger partial charge in [0.15, 0.2) is 0 Å². The highest BCUT2D eigenvalue weighted by Gasteiger charge is 2.11. The van der Waals surface area contributed by atoms with Crippen LogP contribution in [-0.4, -0.2) is 0 Å². The number of ether oxygens (including phenoxy) is 1. The molecule has 1 atom stereocenters. The van der Waals surface area contributed by atoms with Gasteiger partial charge in [0.05, 0.1) is 0 Å². The number of hydrogen-bond donors (Lipinski definition) is 1. The molecule has 100 valence electrons. The molecule has 0 aliphatic carbocycles. The lowest BCUT2D eigenvalue weighted by Gasteiger charge is -2.15. The summed E-state index contributed by atoms with van der Waals surface area (Å²) in [6, 6.07) is 11.8. The fourth-order valence-electron chi connectivity index (χ4n) is 1.78. The Morgan fingerprint density at radius 3 is 2.21 bits per heavy atom. The highest BCUT2D eigenvalue weighted by Crippen LogP contribution is 2.34. The molecular weight excluding hydrogens is 370 g/mol. The second kappa shape index (κ2) is 6.07. The number of halogens is 2. The van der Waals surface area contributed by atoms with E-state index < -0.39 is 0 Å². The molecule has 0 bridgehead atoms. The molecule has 0 amide bonds. The van der Waals surface area contributed by atoms with E-state index in [2.05, 4.69) is 31.9 Å². The predicted molar refractivity (Wildman–Crippen MR) is 85.7 cm³/mol. The summed E-state index contributed by atoms with van der Waals surface area (Å²) in [4.78, 5) is 0. The average Bonchev–Trinajstić information content (AvgIpc) is 2.33. The van der Waals surface area contributed by atoms with Crippen LogP contribution in [0, 0.1) is 6.92 Å². The third-order valence-electron chi connectivity index (χ3n) is 2.84. The van der Waals surface area contributed by atoms with Crippen molar-refractivity contribution in [1.29, 1.82) is 0 Å². The summed E-state index contributed by atoms with van der Waals surface area (Å²) in [6.45, 7) is 3.97. The van der Waals surface area contributed by atoms with Crippen molar-refractivity contribution in [2.75, 3.05) is 0 Å². The van der Waals surface area contributed by atoms with Crippen molar-refractivity contribution in [1.82, 2.24) is 0 Å². The Morgan fingerprint density at radius 2 is 1.58 bits per heavy atom. The van der Waals surface area contributed by atoms with Crippen molar-refractivity contribution in [2.24, 2.45) is 5.73 Å². The second-order valence-electron chi connectivity index (χ2n) is 4.48. The molecule has 2 N–H and O–H groups in total. The minimum atomic E-state index is -0.0736. The van der Waals surface area contributed by atoms with E-state index in [0.717, 1.165) is 31.6 Å². The van der Waals surface area contributed by atoms with Crippen LogP contribution in [0.1, 0.15) is 24.1 Å². The van der Waals surface area contributed by atoms with E-state index in [1.54, 1.807) is 0 Å². The quantitative estimate of drug-likeness (QED) is 0.775. The number of aryl methyl sites for hydroxylation is 1. The Morgan fingerprint density at radius 1 is 1.00 bits per heavy atom. The van der Waals surface area contributed by atoms with Gasteiger partial charge in [-0.05, 0) is 43.7 Å². The van der Waals surface area contributed by atoms with Crippen LogP contribution in [0.15, 0.2) is 45.3 Å². The molecule has 0 fully saturated rings. The van der Waals surface area contributed by atoms with Crippen molar-refractivity contribution in [3.8, 4) is 11.5 Å². The number of nitrogens with two attached hydrogens (primary N) is 1. The van der Waals surface area contributed by atoms with E-state index in [1.807, 2.05) is 50.2 Å². The Kier molecular flexibility index (Phi) is 4.66. The first kappa shape index (κ1) is 14.6. The molecule has 2 nitrogen and oxygen atoms in total. The molecule has 0 heterocycles. The zero-order valence-electron chi connectivity index (χ0n) is 10.8. The molecule has 2 aromatic rings. The van der Waals surface area contributed by atoms with E-state index in [-0.39, 0.29) is 6.04 Å². The third kappa shape index (κ3) is 3.59. The summed E-state index contributed by atoms with van der Waals surface area (Å²) in [5.74, 6) is 1.61. The molecule has 0 radical (unpaired) electrons. The van der Waals surface area contributed by atoms with E-state index in [1.165, 1.54) is 0 Å². The fourth-order valence-corrected chi connectivity index (χ4v) is 2.46. The standard InChI is InChI=1S/C15H15Br2NO/c1-9-3-4-11(16)7-14(9)19-15-8-12(17)5-6-13(15)10(2)18/h3-8,10H,18H2,1-2H3. The monoisotopic (exact) mass is 383 g/mol. The molecule has 0 saturated heterocycles. The molecule has 2 aromatic carbocycles. The molecule has 2 rings (SSSR count). The first-order chi connectivity index (χ1) is 8.97. The normalized spacial score (nSPS) is 12.3. The Bertz CT molecular complexity index is 597. The van der Waals surface area contributed by atoms with Crippen molar-refractivity contribution >= 4 is 31.9 Å². The SMILES string of the molecule is Cc1ccc(Br)cc1Oc1cc(Br)ccc1C(C)N. The topological polar surface area (TPSA) is 35.2 Å². The van der Waals surface area contributed by atoms with Crippen LogP contribution < -0.4 is 10.5 Å². The van der Waals surface area contributed by atoms with Crippen LogP contribution in [0.2, 0.25) is 0 Å². The highest BCUT2D eigenvalue weighted by atomic mass is 79.9. The summed E-state index contributed by atoms with van der Waals surface area (Å²) < 4.78 is 7.99. The van der Waals surface area contributed by atoms with Gasteiger partial charge in [0, 0.05) is 20.6 Å². The maximum atomic E-state index is 6.02. The zero-order valence-corrected chi connectivity index (χ0v) is 14.0. The van der Waals surface area contributed by atoms with Gasteiger partial charge in [-0.2, -0.15) is 0 Å². The van der Waals surface area contributed by atoms with E-state index in [9.17, 15) is 0 Å². The summed E-state index contributed by atoms with van der Waals surface area (Å²) in [7, 11) is 0. The first-order valence-electron chi connectivity index (χ1n) is 5.96.